The summed E-state index contributed by atoms with van der Waals surface area (Å²) < 4.78 is 11.6. The van der Waals surface area contributed by atoms with E-state index in [2.05, 4.69) is 23.8 Å². The first-order valence-electron chi connectivity index (χ1n) is 2.80. The summed E-state index contributed by atoms with van der Waals surface area (Å²) in [6, 6.07) is 0. The van der Waals surface area contributed by atoms with E-state index >= 15 is 0 Å². The molecule has 0 N–H and O–H groups in total. The number of carbonyl (C=O) groups excluding carboxylic acids is 1. The van der Waals surface area contributed by atoms with Crippen molar-refractivity contribution >= 4 is 40.6 Å². The quantitative estimate of drug-likeness (QED) is 0.253. The van der Waals surface area contributed by atoms with Gasteiger partial charge in [0.05, 0.1) is 17.5 Å². The average Bonchev–Trinajstić information content (AvgIpc) is 2.56. The third kappa shape index (κ3) is 2.92. The molecule has 0 aromatic rings. The van der Waals surface area contributed by atoms with Crippen LogP contribution in [-0.2, 0) is 18.8 Å². The highest BCUT2D eigenvalue weighted by Crippen LogP contribution is 2.21. The van der Waals surface area contributed by atoms with Crippen LogP contribution in [0.5, 0.6) is 0 Å². The van der Waals surface area contributed by atoms with Crippen molar-refractivity contribution in [3.8, 4) is 9.85 Å². The SMILES string of the molecule is O=C(OCC#CI)C1=CSOO1. The summed E-state index contributed by atoms with van der Waals surface area (Å²) in [5, 5.41) is 1.42. The molecule has 0 saturated carbocycles. The second-order valence-corrected chi connectivity index (χ2v) is 2.68. The van der Waals surface area contributed by atoms with Gasteiger partial charge in [-0.15, -0.1) is 4.33 Å². The molecule has 12 heavy (non-hydrogen) atoms. The smallest absolute Gasteiger partial charge is 0.379 e. The fourth-order valence-electron chi connectivity index (χ4n) is 0.421. The van der Waals surface area contributed by atoms with Crippen LogP contribution < -0.4 is 0 Å². The Morgan fingerprint density at radius 3 is 3.25 bits per heavy atom. The van der Waals surface area contributed by atoms with Gasteiger partial charge in [0.2, 0.25) is 0 Å². The van der Waals surface area contributed by atoms with Gasteiger partial charge in [-0.2, -0.15) is 0 Å². The van der Waals surface area contributed by atoms with Crippen LogP contribution in [0.25, 0.3) is 0 Å². The van der Waals surface area contributed by atoms with Crippen LogP contribution in [-0.4, -0.2) is 12.6 Å². The first kappa shape index (κ1) is 9.70. The molecule has 0 saturated heterocycles. The Morgan fingerprint density at radius 1 is 1.83 bits per heavy atom. The molecule has 0 aromatic carbocycles. The Labute approximate surface area is 86.9 Å². The first-order chi connectivity index (χ1) is 5.84. The number of esters is 1. The van der Waals surface area contributed by atoms with Crippen LogP contribution in [0.3, 0.4) is 0 Å². The van der Waals surface area contributed by atoms with Crippen LogP contribution in [0.2, 0.25) is 0 Å². The predicted octanol–water partition coefficient (Wildman–Crippen LogP) is 1.38. The molecule has 0 amide bonds. The van der Waals surface area contributed by atoms with Crippen LogP contribution in [0.1, 0.15) is 0 Å². The molecule has 0 aromatic heterocycles. The molecule has 1 rings (SSSR count). The van der Waals surface area contributed by atoms with Gasteiger partial charge >= 0.3 is 5.97 Å². The fourth-order valence-corrected chi connectivity index (χ4v) is 0.952. The summed E-state index contributed by atoms with van der Waals surface area (Å²) in [6.45, 7) is 0.0626. The molecule has 0 bridgehead atoms. The van der Waals surface area contributed by atoms with Gasteiger partial charge in [0, 0.05) is 22.6 Å². The van der Waals surface area contributed by atoms with Gasteiger partial charge in [-0.25, -0.2) is 4.79 Å². The highest BCUT2D eigenvalue weighted by molar-refractivity contribution is 14.1. The molecule has 0 atom stereocenters. The normalized spacial score (nSPS) is 13.9. The summed E-state index contributed by atoms with van der Waals surface area (Å²) in [5.41, 5.74) is 0. The molecule has 0 aliphatic carbocycles. The lowest BCUT2D eigenvalue weighted by Crippen LogP contribution is -2.07. The van der Waals surface area contributed by atoms with E-state index in [0.29, 0.717) is 0 Å². The second-order valence-electron chi connectivity index (χ2n) is 1.58. The maximum atomic E-state index is 10.9. The largest absolute Gasteiger partial charge is 0.447 e. The molecule has 1 heterocycles. The number of rotatable bonds is 2. The topological polar surface area (TPSA) is 44.8 Å². The zero-order chi connectivity index (χ0) is 8.81. The maximum Gasteiger partial charge on any atom is 0.379 e. The van der Waals surface area contributed by atoms with E-state index < -0.39 is 5.97 Å². The highest BCUT2D eigenvalue weighted by Gasteiger charge is 2.18. The van der Waals surface area contributed by atoms with Gasteiger partial charge in [0.25, 0.3) is 5.76 Å². The molecule has 0 radical (unpaired) electrons. The average molecular weight is 298 g/mol. The summed E-state index contributed by atoms with van der Waals surface area (Å²) in [7, 11) is 0. The highest BCUT2D eigenvalue weighted by atomic mass is 127. The molecular formula is C6H3IO4S. The molecule has 0 spiro atoms. The van der Waals surface area contributed by atoms with E-state index in [1.807, 2.05) is 22.6 Å². The van der Waals surface area contributed by atoms with E-state index in [9.17, 15) is 4.79 Å². The lowest BCUT2D eigenvalue weighted by molar-refractivity contribution is -0.169. The van der Waals surface area contributed by atoms with Gasteiger partial charge in [-0.05, 0) is 3.93 Å². The Morgan fingerprint density at radius 2 is 2.67 bits per heavy atom. The van der Waals surface area contributed by atoms with E-state index in [1.165, 1.54) is 5.41 Å². The Hall–Kier alpha value is -0.390. The van der Waals surface area contributed by atoms with Crippen LogP contribution in [0, 0.1) is 9.85 Å². The van der Waals surface area contributed by atoms with Crippen molar-refractivity contribution in [2.75, 3.05) is 6.61 Å². The van der Waals surface area contributed by atoms with Crippen molar-refractivity contribution in [3.05, 3.63) is 11.2 Å². The van der Waals surface area contributed by atoms with Crippen molar-refractivity contribution in [3.63, 3.8) is 0 Å². The van der Waals surface area contributed by atoms with Crippen LogP contribution >= 0.6 is 34.6 Å². The summed E-state index contributed by atoms with van der Waals surface area (Å²) in [6.07, 6.45) is 0. The van der Waals surface area contributed by atoms with Crippen molar-refractivity contribution in [2.24, 2.45) is 0 Å². The summed E-state index contributed by atoms with van der Waals surface area (Å²) >= 11 is 2.78. The molecule has 0 unspecified atom stereocenters. The molecule has 6 heteroatoms. The lowest BCUT2D eigenvalue weighted by Gasteiger charge is -1.97. The zero-order valence-corrected chi connectivity index (χ0v) is 8.68. The first-order valence-corrected chi connectivity index (χ1v) is 4.68. The van der Waals surface area contributed by atoms with Crippen LogP contribution in [0.4, 0.5) is 0 Å². The Bertz CT molecular complexity index is 264. The van der Waals surface area contributed by atoms with Crippen molar-refractivity contribution < 1.29 is 18.8 Å². The second kappa shape index (κ2) is 5.29. The summed E-state index contributed by atoms with van der Waals surface area (Å²) in [5.74, 6) is 2.05. The van der Waals surface area contributed by atoms with Crippen molar-refractivity contribution in [2.45, 2.75) is 0 Å². The monoisotopic (exact) mass is 298 g/mol. The number of carbonyl (C=O) groups is 1. The number of hydrogen-bond acceptors (Lipinski definition) is 5. The van der Waals surface area contributed by atoms with Gasteiger partial charge in [-0.3, -0.25) is 0 Å². The Kier molecular flexibility index (Phi) is 4.27. The van der Waals surface area contributed by atoms with Gasteiger partial charge < -0.3 is 9.62 Å². The van der Waals surface area contributed by atoms with Crippen molar-refractivity contribution in [1.82, 2.24) is 0 Å². The third-order valence-electron chi connectivity index (χ3n) is 0.862. The molecule has 64 valence electrons. The minimum atomic E-state index is -0.570. The molecule has 0 fully saturated rings. The third-order valence-corrected chi connectivity index (χ3v) is 1.70. The van der Waals surface area contributed by atoms with E-state index in [1.54, 1.807) is 0 Å². The van der Waals surface area contributed by atoms with Gasteiger partial charge in [0.1, 0.15) is 0 Å². The predicted molar refractivity (Wildman–Crippen MR) is 50.6 cm³/mol. The fraction of sp³-hybridized carbons (Fsp3) is 0.167. The van der Waals surface area contributed by atoms with Gasteiger partial charge in [-0.1, -0.05) is 5.92 Å². The number of ether oxygens (including phenoxy) is 1. The van der Waals surface area contributed by atoms with Crippen molar-refractivity contribution in [1.29, 1.82) is 0 Å². The summed E-state index contributed by atoms with van der Waals surface area (Å²) in [4.78, 5) is 15.4. The minimum Gasteiger partial charge on any atom is -0.447 e. The van der Waals surface area contributed by atoms with Crippen LogP contribution in [0.15, 0.2) is 11.2 Å². The number of hydrogen-bond donors (Lipinski definition) is 0. The standard InChI is InChI=1S/C6H3IO4S/c7-2-1-3-9-6(8)5-4-12-11-10-5/h4H,3H2. The lowest BCUT2D eigenvalue weighted by atomic mass is 10.6. The Balaban J connectivity index is 2.31. The maximum absolute atomic E-state index is 10.9. The minimum absolute atomic E-state index is 0.0512. The molecular weight excluding hydrogens is 295 g/mol. The van der Waals surface area contributed by atoms with E-state index in [0.717, 1.165) is 12.0 Å². The van der Waals surface area contributed by atoms with E-state index in [4.69, 9.17) is 0 Å². The molecule has 4 nitrogen and oxygen atoms in total. The van der Waals surface area contributed by atoms with E-state index in [-0.39, 0.29) is 12.4 Å². The number of halogens is 1. The molecule has 1 aliphatic rings. The zero-order valence-electron chi connectivity index (χ0n) is 5.70. The molecule has 1 aliphatic heterocycles. The van der Waals surface area contributed by atoms with Gasteiger partial charge in [0.15, 0.2) is 6.61 Å².